The second kappa shape index (κ2) is 8.19. The van der Waals surface area contributed by atoms with E-state index in [0.29, 0.717) is 0 Å². The quantitative estimate of drug-likeness (QED) is 0.784. The molecule has 7 heteroatoms. The van der Waals surface area contributed by atoms with E-state index in [9.17, 15) is 4.79 Å². The lowest BCUT2D eigenvalue weighted by Gasteiger charge is -2.28. The maximum Gasteiger partial charge on any atom is 0.235 e. The predicted octanol–water partition coefficient (Wildman–Crippen LogP) is 4.39. The van der Waals surface area contributed by atoms with Gasteiger partial charge in [0.15, 0.2) is 4.34 Å². The molecule has 134 valence electrons. The summed E-state index contributed by atoms with van der Waals surface area (Å²) in [4.78, 5) is 14.5. The third-order valence-corrected chi connectivity index (χ3v) is 6.47. The number of anilines is 2. The van der Waals surface area contributed by atoms with Crippen molar-refractivity contribution in [2.45, 2.75) is 49.6 Å². The van der Waals surface area contributed by atoms with Crippen molar-refractivity contribution in [2.75, 3.05) is 18.4 Å². The third-order valence-electron chi connectivity index (χ3n) is 4.46. The van der Waals surface area contributed by atoms with Crippen molar-refractivity contribution < 1.29 is 4.79 Å². The number of rotatable bonds is 5. The van der Waals surface area contributed by atoms with Gasteiger partial charge in [-0.3, -0.25) is 4.79 Å². The standard InChI is InChI=1S/C18H24N4OS2/c1-12-7-8-15(11-13(12)2)19-17-20-21-18(25-17)24-14(3)16(23)22-9-5-4-6-10-22/h7-8,11,14H,4-6,9-10H2,1-3H3,(H,19,20). The number of benzene rings is 1. The Labute approximate surface area is 157 Å². The molecular weight excluding hydrogens is 352 g/mol. The van der Waals surface area contributed by atoms with Gasteiger partial charge in [-0.05, 0) is 63.3 Å². The van der Waals surface area contributed by atoms with Gasteiger partial charge >= 0.3 is 0 Å². The Morgan fingerprint density at radius 1 is 1.20 bits per heavy atom. The van der Waals surface area contributed by atoms with E-state index in [0.717, 1.165) is 41.1 Å². The first kappa shape index (κ1) is 18.2. The fraction of sp³-hybridized carbons (Fsp3) is 0.500. The maximum absolute atomic E-state index is 12.5. The monoisotopic (exact) mass is 376 g/mol. The molecule has 1 aliphatic rings. The molecule has 1 saturated heterocycles. The SMILES string of the molecule is Cc1ccc(Nc2nnc(SC(C)C(=O)N3CCCCC3)s2)cc1C. The minimum absolute atomic E-state index is 0.125. The Hall–Kier alpha value is -1.60. The van der Waals surface area contributed by atoms with Crippen molar-refractivity contribution in [1.29, 1.82) is 0 Å². The number of carbonyl (C=O) groups is 1. The van der Waals surface area contributed by atoms with Gasteiger partial charge in [-0.2, -0.15) is 0 Å². The lowest BCUT2D eigenvalue weighted by atomic mass is 10.1. The van der Waals surface area contributed by atoms with E-state index in [-0.39, 0.29) is 11.2 Å². The molecule has 1 aliphatic heterocycles. The molecule has 3 rings (SSSR count). The first-order valence-corrected chi connectivity index (χ1v) is 10.4. The van der Waals surface area contributed by atoms with Gasteiger partial charge in [0.05, 0.1) is 5.25 Å². The van der Waals surface area contributed by atoms with E-state index in [1.807, 2.05) is 17.9 Å². The highest BCUT2D eigenvalue weighted by molar-refractivity contribution is 8.02. The number of amides is 1. The van der Waals surface area contributed by atoms with Gasteiger partial charge in [-0.1, -0.05) is 29.2 Å². The molecule has 25 heavy (non-hydrogen) atoms. The Balaban J connectivity index is 1.59. The van der Waals surface area contributed by atoms with Crippen LogP contribution in [0.1, 0.15) is 37.3 Å². The molecule has 1 fully saturated rings. The third kappa shape index (κ3) is 4.73. The second-order valence-electron chi connectivity index (χ2n) is 6.44. The first-order chi connectivity index (χ1) is 12.0. The van der Waals surface area contributed by atoms with Crippen LogP contribution in [0, 0.1) is 13.8 Å². The highest BCUT2D eigenvalue weighted by Crippen LogP contribution is 2.31. The van der Waals surface area contributed by atoms with Gasteiger partial charge in [0.1, 0.15) is 0 Å². The summed E-state index contributed by atoms with van der Waals surface area (Å²) in [6.07, 6.45) is 3.47. The highest BCUT2D eigenvalue weighted by atomic mass is 32.2. The molecule has 2 heterocycles. The summed E-state index contributed by atoms with van der Waals surface area (Å²) in [5, 5.41) is 12.3. The van der Waals surface area contributed by atoms with Crippen LogP contribution in [0.2, 0.25) is 0 Å². The summed E-state index contributed by atoms with van der Waals surface area (Å²) in [5.74, 6) is 0.212. The largest absolute Gasteiger partial charge is 0.342 e. The van der Waals surface area contributed by atoms with Gasteiger partial charge in [0, 0.05) is 18.8 Å². The lowest BCUT2D eigenvalue weighted by molar-refractivity contribution is -0.131. The number of piperidine rings is 1. The Morgan fingerprint density at radius 3 is 2.68 bits per heavy atom. The van der Waals surface area contributed by atoms with Crippen LogP contribution in [0.25, 0.3) is 0 Å². The average Bonchev–Trinajstić information content (AvgIpc) is 3.05. The molecule has 0 saturated carbocycles. The Bertz CT molecular complexity index is 740. The normalized spacial score (nSPS) is 15.9. The average molecular weight is 377 g/mol. The van der Waals surface area contributed by atoms with Crippen LogP contribution in [0.5, 0.6) is 0 Å². The summed E-state index contributed by atoms with van der Waals surface area (Å²) < 4.78 is 0.823. The summed E-state index contributed by atoms with van der Waals surface area (Å²) in [5.41, 5.74) is 3.52. The van der Waals surface area contributed by atoms with Gasteiger partial charge < -0.3 is 10.2 Å². The van der Waals surface area contributed by atoms with Crippen molar-refractivity contribution in [1.82, 2.24) is 15.1 Å². The number of thioether (sulfide) groups is 1. The van der Waals surface area contributed by atoms with Crippen LogP contribution < -0.4 is 5.32 Å². The van der Waals surface area contributed by atoms with Crippen LogP contribution >= 0.6 is 23.1 Å². The maximum atomic E-state index is 12.5. The van der Waals surface area contributed by atoms with Gasteiger partial charge in [0.2, 0.25) is 11.0 Å². The number of nitrogens with zero attached hydrogens (tertiary/aromatic N) is 3. The van der Waals surface area contributed by atoms with Crippen molar-refractivity contribution in [3.63, 3.8) is 0 Å². The molecule has 1 atom stereocenters. The van der Waals surface area contributed by atoms with E-state index in [1.165, 1.54) is 40.6 Å². The van der Waals surface area contributed by atoms with Gasteiger partial charge in [-0.15, -0.1) is 10.2 Å². The van der Waals surface area contributed by atoms with Crippen LogP contribution in [-0.2, 0) is 4.79 Å². The summed E-state index contributed by atoms with van der Waals surface area (Å²) in [6.45, 7) is 7.92. The van der Waals surface area contributed by atoms with Crippen molar-refractivity contribution in [3.8, 4) is 0 Å². The number of aryl methyl sites for hydroxylation is 2. The number of hydrogen-bond acceptors (Lipinski definition) is 6. The molecule has 1 aromatic heterocycles. The fourth-order valence-corrected chi connectivity index (χ4v) is 4.82. The smallest absolute Gasteiger partial charge is 0.235 e. The van der Waals surface area contributed by atoms with Crippen molar-refractivity contribution in [2.24, 2.45) is 0 Å². The Morgan fingerprint density at radius 2 is 1.96 bits per heavy atom. The van der Waals surface area contributed by atoms with Crippen LogP contribution in [0.4, 0.5) is 10.8 Å². The van der Waals surface area contributed by atoms with Crippen LogP contribution in [-0.4, -0.2) is 39.3 Å². The first-order valence-electron chi connectivity index (χ1n) is 8.66. The molecule has 1 N–H and O–H groups in total. The predicted molar refractivity (Wildman–Crippen MR) is 105 cm³/mol. The number of nitrogens with one attached hydrogen (secondary N) is 1. The molecule has 1 unspecified atom stereocenters. The number of aromatic nitrogens is 2. The molecule has 2 aromatic rings. The molecule has 0 spiro atoms. The van der Waals surface area contributed by atoms with E-state index in [4.69, 9.17) is 0 Å². The minimum Gasteiger partial charge on any atom is -0.342 e. The minimum atomic E-state index is -0.125. The molecule has 0 bridgehead atoms. The number of hydrogen-bond donors (Lipinski definition) is 1. The van der Waals surface area contributed by atoms with Gasteiger partial charge in [0.25, 0.3) is 0 Å². The summed E-state index contributed by atoms with van der Waals surface area (Å²) in [7, 11) is 0. The topological polar surface area (TPSA) is 58.1 Å². The molecular formula is C18H24N4OS2. The molecule has 1 amide bonds. The van der Waals surface area contributed by atoms with Gasteiger partial charge in [-0.25, -0.2) is 0 Å². The molecule has 5 nitrogen and oxygen atoms in total. The van der Waals surface area contributed by atoms with Crippen molar-refractivity contribution >= 4 is 39.8 Å². The highest BCUT2D eigenvalue weighted by Gasteiger charge is 2.24. The molecule has 0 aliphatic carbocycles. The fourth-order valence-electron chi connectivity index (χ4n) is 2.82. The Kier molecular flexibility index (Phi) is 5.96. The van der Waals surface area contributed by atoms with Crippen LogP contribution in [0.3, 0.4) is 0 Å². The van der Waals surface area contributed by atoms with Crippen LogP contribution in [0.15, 0.2) is 22.5 Å². The molecule has 0 radical (unpaired) electrons. The zero-order valence-corrected chi connectivity index (χ0v) is 16.5. The number of carbonyl (C=O) groups excluding carboxylic acids is 1. The summed E-state index contributed by atoms with van der Waals surface area (Å²) >= 11 is 2.99. The number of likely N-dealkylation sites (tertiary alicyclic amines) is 1. The molecule has 1 aromatic carbocycles. The zero-order chi connectivity index (χ0) is 17.8. The van der Waals surface area contributed by atoms with Crippen molar-refractivity contribution in [3.05, 3.63) is 29.3 Å². The summed E-state index contributed by atoms with van der Waals surface area (Å²) in [6, 6.07) is 6.23. The van der Waals surface area contributed by atoms with E-state index < -0.39 is 0 Å². The van der Waals surface area contributed by atoms with E-state index >= 15 is 0 Å². The lowest BCUT2D eigenvalue weighted by Crippen LogP contribution is -2.40. The second-order valence-corrected chi connectivity index (χ2v) is 9.01. The van der Waals surface area contributed by atoms with E-state index in [1.54, 1.807) is 0 Å². The zero-order valence-electron chi connectivity index (χ0n) is 14.9. The van der Waals surface area contributed by atoms with E-state index in [2.05, 4.69) is 41.5 Å².